The van der Waals surface area contributed by atoms with Crippen LogP contribution in [0.2, 0.25) is 5.02 Å². The summed E-state index contributed by atoms with van der Waals surface area (Å²) >= 11 is 5.93. The van der Waals surface area contributed by atoms with Crippen LogP contribution in [0.4, 0.5) is 5.69 Å². The van der Waals surface area contributed by atoms with Gasteiger partial charge in [-0.25, -0.2) is 4.98 Å². The molecular weight excluding hydrogens is 340 g/mol. The van der Waals surface area contributed by atoms with Crippen molar-refractivity contribution in [3.8, 4) is 22.5 Å². The maximum atomic E-state index is 11.0. The van der Waals surface area contributed by atoms with Gasteiger partial charge in [0.05, 0.1) is 16.3 Å². The quantitative estimate of drug-likeness (QED) is 0.400. The average Bonchev–Trinajstić information content (AvgIpc) is 3.15. The lowest BCUT2D eigenvalue weighted by atomic mass is 10.1. The maximum Gasteiger partial charge on any atom is 0.270 e. The number of hydrogen-bond donors (Lipinski definition) is 0. The minimum atomic E-state index is -0.393. The summed E-state index contributed by atoms with van der Waals surface area (Å²) in [4.78, 5) is 15.3. The fourth-order valence-electron chi connectivity index (χ4n) is 2.86. The van der Waals surface area contributed by atoms with Gasteiger partial charge in [0.15, 0.2) is 0 Å². The molecule has 0 saturated carbocycles. The molecule has 2 aromatic heterocycles. The van der Waals surface area contributed by atoms with Crippen molar-refractivity contribution in [3.63, 3.8) is 0 Å². The van der Waals surface area contributed by atoms with Crippen molar-refractivity contribution in [1.29, 1.82) is 0 Å². The monoisotopic (exact) mass is 352 g/mol. The highest BCUT2D eigenvalue weighted by Crippen LogP contribution is 2.28. The summed E-state index contributed by atoms with van der Waals surface area (Å²) in [6, 6.07) is 14.1. The Hall–Kier alpha value is -3.12. The Morgan fingerprint density at radius 2 is 1.84 bits per heavy atom. The van der Waals surface area contributed by atoms with Crippen molar-refractivity contribution < 1.29 is 4.92 Å². The number of aromatic nitrogens is 3. The Balaban J connectivity index is 1.79. The molecule has 7 heteroatoms. The molecule has 0 radical (unpaired) electrons. The molecule has 0 N–H and O–H groups in total. The number of halogens is 1. The zero-order valence-electron chi connectivity index (χ0n) is 13.3. The second-order valence-electron chi connectivity index (χ2n) is 5.72. The first kappa shape index (κ1) is 15.4. The number of rotatable bonds is 3. The van der Waals surface area contributed by atoms with Crippen molar-refractivity contribution >= 4 is 23.1 Å². The summed E-state index contributed by atoms with van der Waals surface area (Å²) in [5.41, 5.74) is 3.51. The molecule has 0 amide bonds. The van der Waals surface area contributed by atoms with Crippen molar-refractivity contribution in [2.75, 3.05) is 0 Å². The summed E-state index contributed by atoms with van der Waals surface area (Å²) in [6.45, 7) is 0. The number of benzene rings is 2. The Labute approximate surface area is 148 Å². The molecule has 25 heavy (non-hydrogen) atoms. The average molecular weight is 353 g/mol. The molecule has 4 aromatic rings. The minimum Gasteiger partial charge on any atom is -0.313 e. The van der Waals surface area contributed by atoms with Crippen LogP contribution in [0.1, 0.15) is 0 Å². The number of imidazole rings is 2. The fraction of sp³-hybridized carbons (Fsp3) is 0.0556. The van der Waals surface area contributed by atoms with Gasteiger partial charge in [-0.2, -0.15) is 0 Å². The van der Waals surface area contributed by atoms with Crippen molar-refractivity contribution in [2.24, 2.45) is 7.05 Å². The van der Waals surface area contributed by atoms with Crippen LogP contribution >= 0.6 is 11.6 Å². The fourth-order valence-corrected chi connectivity index (χ4v) is 2.99. The number of fused-ring (bicyclic) bond motifs is 1. The van der Waals surface area contributed by atoms with Crippen LogP contribution in [0.3, 0.4) is 0 Å². The van der Waals surface area contributed by atoms with E-state index in [1.807, 2.05) is 58.7 Å². The molecule has 0 fully saturated rings. The second kappa shape index (κ2) is 5.75. The van der Waals surface area contributed by atoms with Crippen LogP contribution in [0.5, 0.6) is 0 Å². The topological polar surface area (TPSA) is 65.4 Å². The molecule has 124 valence electrons. The third kappa shape index (κ3) is 2.66. The van der Waals surface area contributed by atoms with Gasteiger partial charge in [0.1, 0.15) is 0 Å². The standard InChI is InChI=1S/C18H13ClN4O2/c1-21-17(13-3-2-4-15(9-13)23(24)25)11-22-10-16(20-18(21)22)12-5-7-14(19)8-6-12/h2-11H,1H3. The lowest BCUT2D eigenvalue weighted by molar-refractivity contribution is -0.384. The van der Waals surface area contributed by atoms with Crippen LogP contribution < -0.4 is 0 Å². The third-order valence-corrected chi connectivity index (χ3v) is 4.38. The van der Waals surface area contributed by atoms with Crippen molar-refractivity contribution in [1.82, 2.24) is 14.0 Å². The summed E-state index contributed by atoms with van der Waals surface area (Å²) in [5, 5.41) is 11.7. The molecule has 4 rings (SSSR count). The SMILES string of the molecule is Cn1c(-c2cccc([N+](=O)[O-])c2)cn2cc(-c3ccc(Cl)cc3)nc12. The van der Waals surface area contributed by atoms with Crippen LogP contribution in [0.15, 0.2) is 60.9 Å². The first-order valence-electron chi connectivity index (χ1n) is 7.58. The van der Waals surface area contributed by atoms with E-state index in [-0.39, 0.29) is 5.69 Å². The van der Waals surface area contributed by atoms with E-state index in [1.165, 1.54) is 6.07 Å². The second-order valence-corrected chi connectivity index (χ2v) is 6.16. The van der Waals surface area contributed by atoms with Gasteiger partial charge in [0, 0.05) is 47.7 Å². The van der Waals surface area contributed by atoms with Crippen LogP contribution in [0, 0.1) is 10.1 Å². The zero-order chi connectivity index (χ0) is 17.6. The molecule has 2 aromatic carbocycles. The Morgan fingerprint density at radius 3 is 2.52 bits per heavy atom. The Kier molecular flexibility index (Phi) is 3.54. The minimum absolute atomic E-state index is 0.0678. The highest BCUT2D eigenvalue weighted by atomic mass is 35.5. The Morgan fingerprint density at radius 1 is 1.08 bits per heavy atom. The van der Waals surface area contributed by atoms with E-state index in [0.717, 1.165) is 28.3 Å². The normalized spacial score (nSPS) is 11.1. The van der Waals surface area contributed by atoms with Gasteiger partial charge in [0.25, 0.3) is 5.69 Å². The first-order chi connectivity index (χ1) is 12.0. The smallest absolute Gasteiger partial charge is 0.270 e. The molecule has 0 aliphatic rings. The van der Waals surface area contributed by atoms with Crippen molar-refractivity contribution in [2.45, 2.75) is 0 Å². The van der Waals surface area contributed by atoms with Crippen LogP contribution in [0.25, 0.3) is 28.3 Å². The van der Waals surface area contributed by atoms with Gasteiger partial charge >= 0.3 is 0 Å². The molecule has 0 spiro atoms. The predicted molar refractivity (Wildman–Crippen MR) is 96.7 cm³/mol. The summed E-state index contributed by atoms with van der Waals surface area (Å²) in [7, 11) is 1.89. The number of non-ortho nitro benzene ring substituents is 1. The summed E-state index contributed by atoms with van der Waals surface area (Å²) in [5.74, 6) is 0.756. The van der Waals surface area contributed by atoms with Crippen molar-refractivity contribution in [3.05, 3.63) is 76.1 Å². The highest BCUT2D eigenvalue weighted by molar-refractivity contribution is 6.30. The number of nitrogens with zero attached hydrogens (tertiary/aromatic N) is 4. The number of aryl methyl sites for hydroxylation is 1. The molecule has 0 unspecified atom stereocenters. The van der Waals surface area contributed by atoms with E-state index in [4.69, 9.17) is 11.6 Å². The summed E-state index contributed by atoms with van der Waals surface area (Å²) in [6.07, 6.45) is 3.85. The molecule has 0 atom stereocenters. The van der Waals surface area contributed by atoms with E-state index < -0.39 is 4.92 Å². The largest absolute Gasteiger partial charge is 0.313 e. The van der Waals surface area contributed by atoms with E-state index >= 15 is 0 Å². The zero-order valence-corrected chi connectivity index (χ0v) is 14.0. The Bertz CT molecular complexity index is 1100. The van der Waals surface area contributed by atoms with Gasteiger partial charge < -0.3 is 4.57 Å². The van der Waals surface area contributed by atoms with E-state index in [2.05, 4.69) is 4.98 Å². The molecule has 6 nitrogen and oxygen atoms in total. The number of hydrogen-bond acceptors (Lipinski definition) is 3. The molecule has 0 saturated heterocycles. The van der Waals surface area contributed by atoms with Gasteiger partial charge in [-0.15, -0.1) is 0 Å². The molecule has 0 bridgehead atoms. The molecule has 0 aliphatic carbocycles. The van der Waals surface area contributed by atoms with Gasteiger partial charge in [0.2, 0.25) is 5.78 Å². The third-order valence-electron chi connectivity index (χ3n) is 4.13. The van der Waals surface area contributed by atoms with E-state index in [0.29, 0.717) is 5.02 Å². The van der Waals surface area contributed by atoms with Gasteiger partial charge in [-0.3, -0.25) is 14.5 Å². The highest BCUT2D eigenvalue weighted by Gasteiger charge is 2.14. The maximum absolute atomic E-state index is 11.0. The molecule has 0 aliphatic heterocycles. The first-order valence-corrected chi connectivity index (χ1v) is 7.96. The lowest BCUT2D eigenvalue weighted by Gasteiger charge is -2.02. The van der Waals surface area contributed by atoms with E-state index in [1.54, 1.807) is 12.1 Å². The van der Waals surface area contributed by atoms with Crippen LogP contribution in [-0.2, 0) is 7.05 Å². The molecular formula is C18H13ClN4O2. The predicted octanol–water partition coefficient (Wildman–Crippen LogP) is 4.57. The van der Waals surface area contributed by atoms with E-state index in [9.17, 15) is 10.1 Å². The summed E-state index contributed by atoms with van der Waals surface area (Å²) < 4.78 is 3.83. The lowest BCUT2D eigenvalue weighted by Crippen LogP contribution is -1.94. The number of nitro groups is 1. The number of nitro benzene ring substituents is 1. The van der Waals surface area contributed by atoms with Gasteiger partial charge in [-0.1, -0.05) is 35.9 Å². The van der Waals surface area contributed by atoms with Crippen LogP contribution in [-0.4, -0.2) is 18.9 Å². The molecule has 2 heterocycles. The van der Waals surface area contributed by atoms with Gasteiger partial charge in [-0.05, 0) is 12.1 Å².